The summed E-state index contributed by atoms with van der Waals surface area (Å²) in [6.45, 7) is 1.76. The average molecular weight is 353 g/mol. The van der Waals surface area contributed by atoms with Crippen LogP contribution in [0.15, 0.2) is 64.1 Å². The maximum absolute atomic E-state index is 12.7. The zero-order chi connectivity index (χ0) is 18.0. The number of carboxylic acid groups (broad SMARTS) is 1. The van der Waals surface area contributed by atoms with Gasteiger partial charge in [0.25, 0.3) is 5.91 Å². The van der Waals surface area contributed by atoms with E-state index in [4.69, 9.17) is 10.2 Å². The fourth-order valence-corrected chi connectivity index (χ4v) is 2.71. The van der Waals surface area contributed by atoms with Gasteiger partial charge in [0.05, 0.1) is 22.5 Å². The standard InChI is InChI=1S/C18H15N3O3S/c1-11-16(10-12-2-4-13(5-3-12)18(23)24)17(22)21(20-11)14-6-8-15(25-19)9-7-14/h2-10H,19H2,1H3,(H,23,24)/b16-10-. The van der Waals surface area contributed by atoms with E-state index in [-0.39, 0.29) is 11.5 Å². The van der Waals surface area contributed by atoms with Gasteiger partial charge in [-0.25, -0.2) is 4.79 Å². The monoisotopic (exact) mass is 353 g/mol. The molecule has 2 aromatic rings. The minimum Gasteiger partial charge on any atom is -0.478 e. The van der Waals surface area contributed by atoms with Crippen LogP contribution in [0.1, 0.15) is 22.8 Å². The van der Waals surface area contributed by atoms with Crippen molar-refractivity contribution >= 4 is 41.3 Å². The first-order chi connectivity index (χ1) is 12.0. The zero-order valence-corrected chi connectivity index (χ0v) is 14.2. The largest absolute Gasteiger partial charge is 0.478 e. The fourth-order valence-electron chi connectivity index (χ4n) is 2.41. The molecule has 0 aromatic heterocycles. The Morgan fingerprint density at radius 1 is 1.16 bits per heavy atom. The Morgan fingerprint density at radius 2 is 1.80 bits per heavy atom. The lowest BCUT2D eigenvalue weighted by atomic mass is 10.1. The minimum absolute atomic E-state index is 0.199. The van der Waals surface area contributed by atoms with Crippen molar-refractivity contribution in [2.24, 2.45) is 10.2 Å². The third kappa shape index (κ3) is 3.47. The van der Waals surface area contributed by atoms with Crippen LogP contribution in [-0.4, -0.2) is 22.7 Å². The van der Waals surface area contributed by atoms with E-state index < -0.39 is 5.97 Å². The summed E-state index contributed by atoms with van der Waals surface area (Å²) in [7, 11) is 0. The maximum Gasteiger partial charge on any atom is 0.335 e. The Morgan fingerprint density at radius 3 is 2.36 bits per heavy atom. The molecule has 1 aliphatic heterocycles. The normalized spacial score (nSPS) is 15.6. The van der Waals surface area contributed by atoms with Gasteiger partial charge in [-0.1, -0.05) is 12.1 Å². The number of hydrazone groups is 1. The van der Waals surface area contributed by atoms with Crippen molar-refractivity contribution in [3.8, 4) is 0 Å². The molecule has 0 aliphatic carbocycles. The number of hydrogen-bond acceptors (Lipinski definition) is 5. The second kappa shape index (κ2) is 6.92. The van der Waals surface area contributed by atoms with Gasteiger partial charge in [-0.3, -0.25) is 9.93 Å². The lowest BCUT2D eigenvalue weighted by molar-refractivity contribution is -0.114. The number of carbonyl (C=O) groups excluding carboxylic acids is 1. The second-order valence-electron chi connectivity index (χ2n) is 5.40. The molecule has 6 nitrogen and oxygen atoms in total. The first-order valence-corrected chi connectivity index (χ1v) is 8.29. The number of amides is 1. The maximum atomic E-state index is 12.7. The van der Waals surface area contributed by atoms with Gasteiger partial charge in [0.1, 0.15) is 0 Å². The molecule has 126 valence electrons. The average Bonchev–Trinajstić information content (AvgIpc) is 2.90. The second-order valence-corrected chi connectivity index (χ2v) is 6.11. The Kier molecular flexibility index (Phi) is 4.69. The van der Waals surface area contributed by atoms with Crippen molar-refractivity contribution in [1.29, 1.82) is 0 Å². The van der Waals surface area contributed by atoms with Crippen molar-refractivity contribution in [3.63, 3.8) is 0 Å². The molecule has 0 unspecified atom stereocenters. The van der Waals surface area contributed by atoms with Gasteiger partial charge in [0, 0.05) is 4.90 Å². The molecule has 7 heteroatoms. The highest BCUT2D eigenvalue weighted by Gasteiger charge is 2.28. The van der Waals surface area contributed by atoms with Crippen LogP contribution in [0.3, 0.4) is 0 Å². The minimum atomic E-state index is -0.987. The van der Waals surface area contributed by atoms with Crippen LogP contribution in [0.5, 0.6) is 0 Å². The van der Waals surface area contributed by atoms with E-state index in [9.17, 15) is 9.59 Å². The summed E-state index contributed by atoms with van der Waals surface area (Å²) in [6, 6.07) is 13.5. The van der Waals surface area contributed by atoms with Gasteiger partial charge >= 0.3 is 5.97 Å². The summed E-state index contributed by atoms with van der Waals surface area (Å²) in [5, 5.41) is 20.1. The molecule has 0 saturated heterocycles. The topological polar surface area (TPSA) is 96.0 Å². The lowest BCUT2D eigenvalue weighted by Gasteiger charge is -2.12. The van der Waals surface area contributed by atoms with Crippen LogP contribution >= 0.6 is 11.9 Å². The van der Waals surface area contributed by atoms with Crippen LogP contribution in [-0.2, 0) is 4.79 Å². The quantitative estimate of drug-likeness (QED) is 0.650. The van der Waals surface area contributed by atoms with Gasteiger partial charge in [0.15, 0.2) is 0 Å². The summed E-state index contributed by atoms with van der Waals surface area (Å²) in [5.74, 6) is -1.22. The van der Waals surface area contributed by atoms with Crippen LogP contribution in [0, 0.1) is 0 Å². The SMILES string of the molecule is CC1=NN(c2ccc(SN)cc2)C(=O)/C1=C\c1ccc(C(=O)O)cc1. The highest BCUT2D eigenvalue weighted by Crippen LogP contribution is 2.26. The molecule has 0 saturated carbocycles. The summed E-state index contributed by atoms with van der Waals surface area (Å²) in [4.78, 5) is 24.5. The molecular weight excluding hydrogens is 338 g/mol. The predicted octanol–water partition coefficient (Wildman–Crippen LogP) is 3.16. The van der Waals surface area contributed by atoms with E-state index in [1.807, 2.05) is 12.1 Å². The Bertz CT molecular complexity index is 887. The van der Waals surface area contributed by atoms with Gasteiger partial charge < -0.3 is 5.11 Å². The third-order valence-corrected chi connectivity index (χ3v) is 4.29. The van der Waals surface area contributed by atoms with E-state index in [1.54, 1.807) is 37.3 Å². The lowest BCUT2D eigenvalue weighted by Crippen LogP contribution is -2.21. The highest BCUT2D eigenvalue weighted by atomic mass is 32.2. The molecule has 0 bridgehead atoms. The molecule has 1 amide bonds. The Hall–Kier alpha value is -2.90. The number of rotatable bonds is 4. The molecule has 0 fully saturated rings. The van der Waals surface area contributed by atoms with Gasteiger partial charge in [-0.15, -0.1) is 0 Å². The molecular formula is C18H15N3O3S. The van der Waals surface area contributed by atoms with Gasteiger partial charge in [-0.05, 0) is 66.9 Å². The number of nitrogens with zero attached hydrogens (tertiary/aromatic N) is 2. The number of benzene rings is 2. The molecule has 0 spiro atoms. The van der Waals surface area contributed by atoms with E-state index in [2.05, 4.69) is 5.10 Å². The summed E-state index contributed by atoms with van der Waals surface area (Å²) in [5.41, 5.74) is 2.67. The van der Waals surface area contributed by atoms with Crippen molar-refractivity contribution in [1.82, 2.24) is 0 Å². The first kappa shape index (κ1) is 16.9. The zero-order valence-electron chi connectivity index (χ0n) is 13.3. The molecule has 3 rings (SSSR count). The van der Waals surface area contributed by atoms with Crippen molar-refractivity contribution in [2.75, 3.05) is 5.01 Å². The van der Waals surface area contributed by atoms with E-state index in [1.165, 1.54) is 17.1 Å². The first-order valence-electron chi connectivity index (χ1n) is 7.41. The molecule has 3 N–H and O–H groups in total. The molecule has 0 radical (unpaired) electrons. The van der Waals surface area contributed by atoms with Crippen LogP contribution in [0.2, 0.25) is 0 Å². The molecule has 1 aliphatic rings. The number of aromatic carboxylic acids is 1. The van der Waals surface area contributed by atoms with Crippen LogP contribution in [0.4, 0.5) is 5.69 Å². The summed E-state index contributed by atoms with van der Waals surface area (Å²) < 4.78 is 0. The summed E-state index contributed by atoms with van der Waals surface area (Å²) in [6.07, 6.45) is 1.71. The molecule has 2 aromatic carbocycles. The van der Waals surface area contributed by atoms with Gasteiger partial charge in [0.2, 0.25) is 0 Å². The van der Waals surface area contributed by atoms with Crippen LogP contribution < -0.4 is 10.1 Å². The Labute approximate surface area is 148 Å². The van der Waals surface area contributed by atoms with Crippen molar-refractivity contribution in [3.05, 3.63) is 65.2 Å². The number of anilines is 1. The predicted molar refractivity (Wildman–Crippen MR) is 98.5 cm³/mol. The van der Waals surface area contributed by atoms with E-state index >= 15 is 0 Å². The van der Waals surface area contributed by atoms with E-state index in [0.29, 0.717) is 17.0 Å². The highest BCUT2D eigenvalue weighted by molar-refractivity contribution is 7.97. The van der Waals surface area contributed by atoms with Crippen molar-refractivity contribution in [2.45, 2.75) is 11.8 Å². The van der Waals surface area contributed by atoms with E-state index in [0.717, 1.165) is 22.4 Å². The van der Waals surface area contributed by atoms with Crippen molar-refractivity contribution < 1.29 is 14.7 Å². The molecule has 25 heavy (non-hydrogen) atoms. The number of nitrogens with two attached hydrogens (primary N) is 1. The third-order valence-electron chi connectivity index (χ3n) is 3.75. The Balaban J connectivity index is 1.87. The van der Waals surface area contributed by atoms with Crippen LogP contribution in [0.25, 0.3) is 6.08 Å². The smallest absolute Gasteiger partial charge is 0.335 e. The molecule has 1 heterocycles. The number of carbonyl (C=O) groups is 2. The van der Waals surface area contributed by atoms with Gasteiger partial charge in [-0.2, -0.15) is 10.1 Å². The number of hydrogen-bond donors (Lipinski definition) is 2. The number of carboxylic acids is 1. The molecule has 0 atom stereocenters. The summed E-state index contributed by atoms with van der Waals surface area (Å²) >= 11 is 1.13. The fraction of sp³-hybridized carbons (Fsp3) is 0.0556.